The third-order valence-electron chi connectivity index (χ3n) is 3.22. The SMILES string of the molecule is CC(=O)NC[C@H]1CN(c2ccc(NN=C(C#N)C#N)c(F)c2)C(=O)O1. The molecule has 1 atom stereocenters. The number of halogens is 1. The van der Waals surface area contributed by atoms with Gasteiger partial charge in [-0.25, -0.2) is 9.18 Å². The molecule has 2 rings (SSSR count). The second-order valence-corrected chi connectivity index (χ2v) is 5.01. The van der Waals surface area contributed by atoms with Gasteiger partial charge >= 0.3 is 6.09 Å². The minimum Gasteiger partial charge on any atom is -0.442 e. The Labute approximate surface area is 142 Å². The van der Waals surface area contributed by atoms with Crippen LogP contribution in [0.4, 0.5) is 20.6 Å². The van der Waals surface area contributed by atoms with Gasteiger partial charge in [0.05, 0.1) is 24.5 Å². The van der Waals surface area contributed by atoms with Gasteiger partial charge in [0.1, 0.15) is 24.1 Å². The molecule has 2 N–H and O–H groups in total. The summed E-state index contributed by atoms with van der Waals surface area (Å²) >= 11 is 0. The van der Waals surface area contributed by atoms with E-state index < -0.39 is 23.7 Å². The molecule has 0 radical (unpaired) electrons. The van der Waals surface area contributed by atoms with Crippen molar-refractivity contribution < 1.29 is 18.7 Å². The van der Waals surface area contributed by atoms with E-state index in [4.69, 9.17) is 15.3 Å². The topological polar surface area (TPSA) is 131 Å². The molecular formula is C15H13FN6O3. The van der Waals surface area contributed by atoms with E-state index in [0.29, 0.717) is 0 Å². The Hall–Kier alpha value is -3.66. The van der Waals surface area contributed by atoms with Crippen molar-refractivity contribution in [1.82, 2.24) is 5.32 Å². The predicted molar refractivity (Wildman–Crippen MR) is 85.0 cm³/mol. The Morgan fingerprint density at radius 1 is 1.48 bits per heavy atom. The van der Waals surface area contributed by atoms with Crippen molar-refractivity contribution in [3.8, 4) is 12.1 Å². The molecule has 1 aromatic carbocycles. The Morgan fingerprint density at radius 3 is 2.80 bits per heavy atom. The summed E-state index contributed by atoms with van der Waals surface area (Å²) in [7, 11) is 0. The van der Waals surface area contributed by atoms with Crippen LogP contribution >= 0.6 is 0 Å². The number of cyclic esters (lactones) is 1. The number of benzene rings is 1. The monoisotopic (exact) mass is 344 g/mol. The quantitative estimate of drug-likeness (QED) is 0.607. The molecule has 0 unspecified atom stereocenters. The smallest absolute Gasteiger partial charge is 0.414 e. The number of hydrazone groups is 1. The van der Waals surface area contributed by atoms with Crippen LogP contribution in [0.25, 0.3) is 0 Å². The maximum atomic E-state index is 14.1. The van der Waals surface area contributed by atoms with E-state index in [1.807, 2.05) is 0 Å². The number of carbonyl (C=O) groups excluding carboxylic acids is 2. The zero-order valence-corrected chi connectivity index (χ0v) is 13.1. The molecule has 1 aliphatic heterocycles. The summed E-state index contributed by atoms with van der Waals surface area (Å²) in [6.45, 7) is 1.68. The lowest BCUT2D eigenvalue weighted by Crippen LogP contribution is -2.33. The first kappa shape index (κ1) is 17.7. The molecular weight excluding hydrogens is 331 g/mol. The molecule has 2 amide bonds. The highest BCUT2D eigenvalue weighted by molar-refractivity contribution is 6.10. The normalized spacial score (nSPS) is 15.6. The van der Waals surface area contributed by atoms with Crippen LogP contribution in [-0.2, 0) is 9.53 Å². The summed E-state index contributed by atoms with van der Waals surface area (Å²) in [5.74, 6) is -0.972. The first-order valence-electron chi connectivity index (χ1n) is 7.10. The van der Waals surface area contributed by atoms with Crippen molar-refractivity contribution in [3.05, 3.63) is 24.0 Å². The average Bonchev–Trinajstić information content (AvgIpc) is 2.96. The molecule has 1 aromatic rings. The molecule has 0 saturated carbocycles. The van der Waals surface area contributed by atoms with Gasteiger partial charge in [0.2, 0.25) is 11.6 Å². The number of amides is 2. The highest BCUT2D eigenvalue weighted by atomic mass is 19.1. The number of ether oxygens (including phenoxy) is 1. The molecule has 10 heteroatoms. The fourth-order valence-corrected chi connectivity index (χ4v) is 2.05. The molecule has 25 heavy (non-hydrogen) atoms. The summed E-state index contributed by atoms with van der Waals surface area (Å²) in [4.78, 5) is 24.0. The van der Waals surface area contributed by atoms with Crippen LogP contribution in [0.2, 0.25) is 0 Å². The van der Waals surface area contributed by atoms with E-state index in [2.05, 4.69) is 15.8 Å². The molecule has 1 saturated heterocycles. The lowest BCUT2D eigenvalue weighted by molar-refractivity contribution is -0.119. The molecule has 128 valence electrons. The molecule has 0 aliphatic carbocycles. The average molecular weight is 344 g/mol. The van der Waals surface area contributed by atoms with Crippen LogP contribution in [0.5, 0.6) is 0 Å². The summed E-state index contributed by atoms with van der Waals surface area (Å²) in [6, 6.07) is 6.94. The van der Waals surface area contributed by atoms with Gasteiger partial charge in [-0.05, 0) is 18.2 Å². The van der Waals surface area contributed by atoms with Crippen LogP contribution in [0.15, 0.2) is 23.3 Å². The number of anilines is 2. The second kappa shape index (κ2) is 7.75. The van der Waals surface area contributed by atoms with E-state index in [9.17, 15) is 14.0 Å². The van der Waals surface area contributed by atoms with Crippen molar-refractivity contribution in [1.29, 1.82) is 10.5 Å². The van der Waals surface area contributed by atoms with Gasteiger partial charge in [0, 0.05) is 6.92 Å². The number of carbonyl (C=O) groups is 2. The number of rotatable bonds is 5. The maximum absolute atomic E-state index is 14.1. The minimum absolute atomic E-state index is 0.0610. The standard InChI is InChI=1S/C15H13FN6O3/c1-9(23)19-7-12-8-22(15(24)25-12)11-2-3-14(13(16)4-11)21-20-10(5-17)6-18/h2-4,12,21H,7-8H2,1H3,(H,19,23)/t12-/m0/s1. The van der Waals surface area contributed by atoms with Crippen LogP contribution in [0, 0.1) is 28.5 Å². The van der Waals surface area contributed by atoms with Crippen LogP contribution in [0.3, 0.4) is 0 Å². The van der Waals surface area contributed by atoms with E-state index in [1.54, 1.807) is 0 Å². The van der Waals surface area contributed by atoms with Crippen molar-refractivity contribution >= 4 is 29.1 Å². The second-order valence-electron chi connectivity index (χ2n) is 5.01. The number of nitrogens with zero attached hydrogens (tertiary/aromatic N) is 4. The third-order valence-corrected chi connectivity index (χ3v) is 3.22. The number of hydrogen-bond donors (Lipinski definition) is 2. The zero-order chi connectivity index (χ0) is 18.4. The van der Waals surface area contributed by atoms with E-state index >= 15 is 0 Å². The number of nitrogens with one attached hydrogen (secondary N) is 2. The summed E-state index contributed by atoms with van der Waals surface area (Å²) in [6.07, 6.45) is -1.18. The molecule has 0 aromatic heterocycles. The van der Waals surface area contributed by atoms with Gasteiger partial charge in [0.25, 0.3) is 0 Å². The molecule has 0 spiro atoms. The van der Waals surface area contributed by atoms with Gasteiger partial charge in [-0.3, -0.25) is 15.1 Å². The van der Waals surface area contributed by atoms with Crippen LogP contribution in [-0.4, -0.2) is 36.9 Å². The summed E-state index contributed by atoms with van der Waals surface area (Å²) in [5.41, 5.74) is 2.03. The van der Waals surface area contributed by atoms with E-state index in [-0.39, 0.29) is 30.4 Å². The Morgan fingerprint density at radius 2 is 2.20 bits per heavy atom. The first-order chi connectivity index (χ1) is 11.9. The summed E-state index contributed by atoms with van der Waals surface area (Å²) < 4.78 is 19.2. The number of hydrogen-bond acceptors (Lipinski definition) is 7. The van der Waals surface area contributed by atoms with Crippen molar-refractivity contribution in [2.45, 2.75) is 13.0 Å². The predicted octanol–water partition coefficient (Wildman–Crippen LogP) is 1.10. The fourth-order valence-electron chi connectivity index (χ4n) is 2.05. The maximum Gasteiger partial charge on any atom is 0.414 e. The largest absolute Gasteiger partial charge is 0.442 e. The highest BCUT2D eigenvalue weighted by Gasteiger charge is 2.32. The molecule has 0 bridgehead atoms. The van der Waals surface area contributed by atoms with Gasteiger partial charge in [-0.1, -0.05) is 0 Å². The third kappa shape index (κ3) is 4.42. The van der Waals surface area contributed by atoms with Crippen LogP contribution in [0.1, 0.15) is 6.92 Å². The fraction of sp³-hybridized carbons (Fsp3) is 0.267. The Balaban J connectivity index is 2.09. The first-order valence-corrected chi connectivity index (χ1v) is 7.10. The minimum atomic E-state index is -0.727. The van der Waals surface area contributed by atoms with Crippen molar-refractivity contribution in [3.63, 3.8) is 0 Å². The van der Waals surface area contributed by atoms with Gasteiger partial charge in [-0.15, -0.1) is 0 Å². The Kier molecular flexibility index (Phi) is 5.48. The molecule has 1 fully saturated rings. The van der Waals surface area contributed by atoms with Crippen LogP contribution < -0.4 is 15.6 Å². The molecule has 1 aliphatic rings. The number of nitriles is 2. The molecule has 9 nitrogen and oxygen atoms in total. The van der Waals surface area contributed by atoms with Crippen molar-refractivity contribution in [2.75, 3.05) is 23.4 Å². The highest BCUT2D eigenvalue weighted by Crippen LogP contribution is 2.26. The lowest BCUT2D eigenvalue weighted by Gasteiger charge is -2.14. The van der Waals surface area contributed by atoms with Gasteiger partial charge in [0.15, 0.2) is 0 Å². The molecule has 1 heterocycles. The van der Waals surface area contributed by atoms with Crippen molar-refractivity contribution in [2.24, 2.45) is 5.10 Å². The zero-order valence-electron chi connectivity index (χ0n) is 13.1. The lowest BCUT2D eigenvalue weighted by atomic mass is 10.2. The van der Waals surface area contributed by atoms with Gasteiger partial charge < -0.3 is 10.1 Å². The summed E-state index contributed by atoms with van der Waals surface area (Å²) in [5, 5.41) is 23.1. The Bertz CT molecular complexity index is 794. The van der Waals surface area contributed by atoms with E-state index in [0.717, 1.165) is 6.07 Å². The van der Waals surface area contributed by atoms with E-state index in [1.165, 1.54) is 36.1 Å². The van der Waals surface area contributed by atoms with Gasteiger partial charge in [-0.2, -0.15) is 15.6 Å².